The Morgan fingerprint density at radius 1 is 0.800 bits per heavy atom. The molecule has 5 N–H and O–H groups in total. The van der Waals surface area contributed by atoms with Crippen molar-refractivity contribution >= 4 is 55.9 Å². The van der Waals surface area contributed by atoms with Gasteiger partial charge in [-0.05, 0) is 47.0 Å². The smallest absolute Gasteiger partial charge is 0.406 e. The zero-order chi connectivity index (χ0) is 60.3. The second kappa shape index (κ2) is 25.2. The number of aromatic amines is 1. The number of aliphatic hydroxyl groups is 1. The predicted molar refractivity (Wildman–Crippen MR) is 320 cm³/mol. The minimum atomic E-state index is -4.65. The molecule has 0 saturated carbocycles. The molecule has 2 saturated heterocycles. The van der Waals surface area contributed by atoms with E-state index in [-0.39, 0.29) is 70.2 Å². The average Bonchev–Trinajstić information content (AvgIpc) is 3.62. The van der Waals surface area contributed by atoms with Crippen molar-refractivity contribution in [2.75, 3.05) is 25.1 Å². The minimum absolute atomic E-state index is 0.0453. The molecular weight excluding hydrogens is 1120 g/mol. The van der Waals surface area contributed by atoms with E-state index < -0.39 is 95.1 Å². The fourth-order valence-electron chi connectivity index (χ4n) is 10.8. The van der Waals surface area contributed by atoms with Gasteiger partial charge in [-0.25, -0.2) is 34.6 Å². The van der Waals surface area contributed by atoms with E-state index >= 15 is 4.57 Å². The lowest BCUT2D eigenvalue weighted by molar-refractivity contribution is -0.121. The Labute approximate surface area is 493 Å². The number of nitrogens with one attached hydrogen (secondary N) is 4. The van der Waals surface area contributed by atoms with Gasteiger partial charge < -0.3 is 29.3 Å². The summed E-state index contributed by atoms with van der Waals surface area (Å²) in [6.07, 6.45) is -1.05. The van der Waals surface area contributed by atoms with Gasteiger partial charge in [0.1, 0.15) is 36.4 Å². The van der Waals surface area contributed by atoms with Crippen LogP contribution in [0.2, 0.25) is 18.1 Å². The normalized spacial score (nSPS) is 21.8. The number of imidazole rings is 2. The van der Waals surface area contributed by atoms with Crippen molar-refractivity contribution in [2.24, 2.45) is 11.8 Å². The van der Waals surface area contributed by atoms with E-state index in [9.17, 15) is 24.8 Å². The number of aromatic nitrogens is 8. The highest BCUT2D eigenvalue weighted by Gasteiger charge is 2.55. The van der Waals surface area contributed by atoms with E-state index in [2.05, 4.69) is 117 Å². The Bertz CT molecular complexity index is 3690. The number of fused-ring (bicyclic) bond motifs is 2. The molecule has 9 atom stereocenters. The van der Waals surface area contributed by atoms with Crippen LogP contribution < -0.4 is 21.3 Å². The summed E-state index contributed by atoms with van der Waals surface area (Å²) in [5.41, 5.74) is 2.31. The molecule has 2 fully saturated rings. The first kappa shape index (κ1) is 60.7. The van der Waals surface area contributed by atoms with Crippen LogP contribution in [0, 0.1) is 23.2 Å². The molecule has 4 aromatic heterocycles. The molecule has 0 spiro atoms. The van der Waals surface area contributed by atoms with Crippen LogP contribution in [-0.2, 0) is 44.3 Å². The molecule has 444 valence electrons. The van der Waals surface area contributed by atoms with Crippen LogP contribution in [0.3, 0.4) is 0 Å². The number of aliphatic hydroxyl groups excluding tert-OH is 1. The number of ether oxygens (including phenoxy) is 2. The van der Waals surface area contributed by atoms with Crippen LogP contribution in [0.25, 0.3) is 22.3 Å². The molecule has 4 aromatic carbocycles. The number of hydrogen-bond donors (Lipinski definition) is 5. The number of carbonyl (C=O) groups excluding carboxylic acids is 2. The molecule has 0 bridgehead atoms. The van der Waals surface area contributed by atoms with Gasteiger partial charge in [-0.2, -0.15) is 5.26 Å². The van der Waals surface area contributed by atoms with Crippen molar-refractivity contribution in [1.29, 1.82) is 5.26 Å². The van der Waals surface area contributed by atoms with Crippen molar-refractivity contribution in [2.45, 2.75) is 121 Å². The molecule has 2 aliphatic rings. The summed E-state index contributed by atoms with van der Waals surface area (Å²) in [5, 5.41) is 30.8. The number of carbonyl (C=O) groups is 2. The molecule has 2 aliphatic heterocycles. The predicted octanol–water partition coefficient (Wildman–Crippen LogP) is 8.76. The van der Waals surface area contributed by atoms with Gasteiger partial charge in [-0.1, -0.05) is 151 Å². The molecule has 1 amide bonds. The highest BCUT2D eigenvalue weighted by Crippen LogP contribution is 2.51. The number of anilines is 1. The van der Waals surface area contributed by atoms with Gasteiger partial charge in [0.05, 0.1) is 69.1 Å². The number of H-pyrrole nitrogens is 1. The Kier molecular flexibility index (Phi) is 18.0. The number of rotatable bonds is 23. The molecular formula is C61H71N12O10PSi. The van der Waals surface area contributed by atoms with Gasteiger partial charge in [0, 0.05) is 23.4 Å². The highest BCUT2D eigenvalue weighted by atomic mass is 31.2. The van der Waals surface area contributed by atoms with E-state index in [0.717, 1.165) is 16.7 Å². The van der Waals surface area contributed by atoms with Crippen LogP contribution in [0.5, 0.6) is 0 Å². The summed E-state index contributed by atoms with van der Waals surface area (Å²) in [4.78, 5) is 65.7. The molecule has 6 heterocycles. The van der Waals surface area contributed by atoms with Crippen molar-refractivity contribution in [3.05, 3.63) is 179 Å². The zero-order valence-corrected chi connectivity index (χ0v) is 50.6. The molecule has 0 aliphatic carbocycles. The fraction of sp³-hybridized carbons (Fsp3) is 0.393. The van der Waals surface area contributed by atoms with Crippen molar-refractivity contribution in [3.8, 4) is 6.07 Å². The summed E-state index contributed by atoms with van der Waals surface area (Å²) in [7, 11) is -7.46. The van der Waals surface area contributed by atoms with Gasteiger partial charge >= 0.3 is 7.75 Å². The molecule has 10 rings (SSSR count). The maximum absolute atomic E-state index is 16.0. The SMILES string of the molecule is CC(C)C(=O)Cc1nc2c(ncn2[C@@H]2O[C@H](COP(=O)(N[C@H]3[C@@H](O[Si](C)(C)C(C)(C)C)[C@H](n4cnc5c(NC(=O)c6ccccc6)ncnc54)O[C@@H]3CO)OCCC#N)[C@@H](NC(c3ccccc3)(c3ccccc3)c3ccccc3)[C@H]2C)c(=O)[nH]1. The van der Waals surface area contributed by atoms with Crippen LogP contribution >= 0.6 is 7.75 Å². The van der Waals surface area contributed by atoms with Gasteiger partial charge in [-0.3, -0.25) is 37.9 Å². The first-order chi connectivity index (χ1) is 40.8. The number of amides is 1. The summed E-state index contributed by atoms with van der Waals surface area (Å²) >= 11 is 0. The number of ketones is 1. The third-order valence-electron chi connectivity index (χ3n) is 16.3. The molecule has 8 aromatic rings. The van der Waals surface area contributed by atoms with Gasteiger partial charge in [0.15, 0.2) is 42.7 Å². The number of Topliss-reactive ketones (excluding diaryl/α,β-unsaturated/α-hetero) is 1. The van der Waals surface area contributed by atoms with Gasteiger partial charge in [0.2, 0.25) is 0 Å². The topological polar surface area (TPSA) is 285 Å². The Morgan fingerprint density at radius 2 is 1.38 bits per heavy atom. The standard InChI is InChI=1S/C61H71N12O10PSi/c1-38(2)44(75)32-47-67-55-51(57(77)68-47)66-37-73(55)58-39(3)48(70-61(41-24-15-10-16-25-41,42-26-17-11-18-27-42)43-28-19-12-20-29-43)46(82-58)34-80-84(78,79-31-21-30-62)71-49-45(33-74)81-59(52(49)83-85(7,8)60(4,5)6)72-36-65-50-53(63-35-64-54(50)72)69-56(76)40-22-13-9-14-23-40/h9-20,22-29,35-39,45-46,48-49,52,58-59,70,74H,21,31-34H2,1-8H3,(H,71,78)(H,67,68,77)(H,63,64,69,76)/t39-,45-,46-,48+,49-,52-,58-,59-,84?/m1/s1. The maximum atomic E-state index is 16.0. The number of benzene rings is 4. The van der Waals surface area contributed by atoms with E-state index in [1.807, 2.05) is 67.6 Å². The largest absolute Gasteiger partial charge is 0.408 e. The van der Waals surface area contributed by atoms with Crippen LogP contribution in [0.15, 0.2) is 145 Å². The van der Waals surface area contributed by atoms with Gasteiger partial charge in [-0.15, -0.1) is 0 Å². The molecule has 22 nitrogen and oxygen atoms in total. The van der Waals surface area contributed by atoms with Crippen molar-refractivity contribution in [3.63, 3.8) is 0 Å². The molecule has 0 radical (unpaired) electrons. The van der Waals surface area contributed by atoms with E-state index in [1.165, 1.54) is 19.0 Å². The van der Waals surface area contributed by atoms with Gasteiger partial charge in [0.25, 0.3) is 11.5 Å². The third-order valence-corrected chi connectivity index (χ3v) is 22.4. The van der Waals surface area contributed by atoms with Crippen LogP contribution in [0.1, 0.15) is 93.3 Å². The van der Waals surface area contributed by atoms with E-state index in [1.54, 1.807) is 47.2 Å². The summed E-state index contributed by atoms with van der Waals surface area (Å²) in [5.74, 6) is -0.993. The minimum Gasteiger partial charge on any atom is -0.408 e. The Balaban J connectivity index is 1.05. The van der Waals surface area contributed by atoms with Crippen molar-refractivity contribution < 1.29 is 42.2 Å². The lowest BCUT2D eigenvalue weighted by Gasteiger charge is -2.41. The monoisotopic (exact) mass is 1190 g/mol. The second-order valence-electron chi connectivity index (χ2n) is 23.2. The lowest BCUT2D eigenvalue weighted by atomic mass is 9.75. The van der Waals surface area contributed by atoms with Crippen LogP contribution in [-0.4, -0.2) is 114 Å². The maximum Gasteiger partial charge on any atom is 0.406 e. The quantitative estimate of drug-likeness (QED) is 0.0173. The number of hydrogen-bond acceptors (Lipinski definition) is 17. The Morgan fingerprint density at radius 3 is 1.95 bits per heavy atom. The van der Waals surface area contributed by atoms with Crippen molar-refractivity contribution in [1.82, 2.24) is 49.4 Å². The fourth-order valence-corrected chi connectivity index (χ4v) is 13.6. The third kappa shape index (κ3) is 12.5. The second-order valence-corrected chi connectivity index (χ2v) is 29.7. The average molecular weight is 1190 g/mol. The molecule has 85 heavy (non-hydrogen) atoms. The number of nitrogens with zero attached hydrogens (tertiary/aromatic N) is 8. The zero-order valence-electron chi connectivity index (χ0n) is 48.7. The Hall–Kier alpha value is -7.46. The summed E-state index contributed by atoms with van der Waals surface area (Å²) < 4.78 is 53.3. The number of nitriles is 1. The van der Waals surface area contributed by atoms with E-state index in [0.29, 0.717) is 5.56 Å². The molecule has 24 heteroatoms. The first-order valence-electron chi connectivity index (χ1n) is 28.4. The highest BCUT2D eigenvalue weighted by molar-refractivity contribution is 7.51. The summed E-state index contributed by atoms with van der Waals surface area (Å²) in [6, 6.07) is 39.0. The van der Waals surface area contributed by atoms with Crippen LogP contribution in [0.4, 0.5) is 5.82 Å². The lowest BCUT2D eigenvalue weighted by Crippen LogP contribution is -2.55. The van der Waals surface area contributed by atoms with E-state index in [4.69, 9.17) is 27.9 Å². The molecule has 1 unspecified atom stereocenters. The first-order valence-corrected chi connectivity index (χ1v) is 32.8. The summed E-state index contributed by atoms with van der Waals surface area (Å²) in [6.45, 7) is 14.6.